The van der Waals surface area contributed by atoms with Gasteiger partial charge >= 0.3 is 18.2 Å². The van der Waals surface area contributed by atoms with E-state index in [2.05, 4.69) is 225 Å². The summed E-state index contributed by atoms with van der Waals surface area (Å²) >= 11 is 0. The number of benzene rings is 11. The van der Waals surface area contributed by atoms with Crippen molar-refractivity contribution in [2.75, 3.05) is 28.1 Å². The first kappa shape index (κ1) is 163. The zero-order chi connectivity index (χ0) is 112. The number of carbonyl (C=O) groups excluding carboxylic acids is 3. The smallest absolute Gasteiger partial charge is 0.497 e. The van der Waals surface area contributed by atoms with Gasteiger partial charge in [-0.1, -0.05) is 595 Å². The van der Waals surface area contributed by atoms with Gasteiger partial charge in [0.05, 0.1) is 26.4 Å². The number of hydrogen-bond acceptors (Lipinski definition) is 11. The maximum atomic E-state index is 12.3. The van der Waals surface area contributed by atoms with Crippen molar-refractivity contribution in [3.8, 4) is 45.6 Å². The summed E-state index contributed by atoms with van der Waals surface area (Å²) in [6.45, 7) is 70.7. The quantitative estimate of drug-likeness (QED) is 0.0860. The largest absolute Gasteiger partial charge is 0.586 e. The molecule has 0 saturated carbocycles. The Labute approximate surface area is 912 Å². The van der Waals surface area contributed by atoms with E-state index in [1.54, 1.807) is 69.7 Å². The van der Waals surface area contributed by atoms with Gasteiger partial charge in [-0.05, 0) is 145 Å². The number of halogens is 2. The summed E-state index contributed by atoms with van der Waals surface area (Å²) in [5.74, 6) is 3.40. The maximum Gasteiger partial charge on any atom is 0.586 e. The van der Waals surface area contributed by atoms with E-state index in [4.69, 9.17) is 23.7 Å². The Morgan fingerprint density at radius 2 is 0.671 bits per heavy atom. The van der Waals surface area contributed by atoms with E-state index in [-0.39, 0.29) is 58.9 Å². The average molecular weight is 2060 g/mol. The predicted octanol–water partition coefficient (Wildman–Crippen LogP) is 43.3. The number of aryl methyl sites for hydroxylation is 2. The molecule has 11 nitrogen and oxygen atoms in total. The lowest BCUT2D eigenvalue weighted by molar-refractivity contribution is -0.286. The van der Waals surface area contributed by atoms with Gasteiger partial charge in [-0.3, -0.25) is 9.59 Å². The third-order valence-corrected chi connectivity index (χ3v) is 16.6. The molecule has 1 unspecified atom stereocenters. The fourth-order valence-corrected chi connectivity index (χ4v) is 10.5. The van der Waals surface area contributed by atoms with Crippen molar-refractivity contribution in [3.63, 3.8) is 0 Å². The Morgan fingerprint density at radius 1 is 0.356 bits per heavy atom. The first-order valence-corrected chi connectivity index (χ1v) is 52.5. The molecule has 149 heavy (non-hydrogen) atoms. The van der Waals surface area contributed by atoms with Gasteiger partial charge in [0, 0.05) is 25.5 Å². The van der Waals surface area contributed by atoms with Gasteiger partial charge in [-0.2, -0.15) is 0 Å². The number of hydrogen-bond donors (Lipinski definition) is 0. The number of ether oxygens (including phenoxy) is 8. The zero-order valence-corrected chi connectivity index (χ0v) is 96.4. The van der Waals surface area contributed by atoms with Crippen LogP contribution in [0.5, 0.6) is 34.5 Å². The number of carbonyl (C=O) groups is 3. The minimum absolute atomic E-state index is 0. The highest BCUT2D eigenvalue weighted by molar-refractivity contribution is 5.94. The van der Waals surface area contributed by atoms with Gasteiger partial charge in [0.2, 0.25) is 6.79 Å². The number of fused-ring (bicyclic) bond motifs is 6. The molecular weight excluding hydrogens is 1850 g/mol. The number of methoxy groups -OCH3 is 3. The summed E-state index contributed by atoms with van der Waals surface area (Å²) in [7, 11) is 4.73. The fourth-order valence-electron chi connectivity index (χ4n) is 10.5. The second kappa shape index (κ2) is 123. The number of rotatable bonds is 7. The number of ketones is 1. The molecule has 5 aliphatic carbocycles. The highest BCUT2D eigenvalue weighted by atomic mass is 19.3. The van der Waals surface area contributed by atoms with Crippen LogP contribution in [0.3, 0.4) is 0 Å². The summed E-state index contributed by atoms with van der Waals surface area (Å²) in [4.78, 5) is 31.8. The van der Waals surface area contributed by atoms with E-state index in [1.165, 1.54) is 106 Å². The van der Waals surface area contributed by atoms with E-state index < -0.39 is 6.29 Å². The fraction of sp³-hybridized carbons (Fsp3) is 0.360. The van der Waals surface area contributed by atoms with Crippen LogP contribution >= 0.6 is 0 Å². The van der Waals surface area contributed by atoms with E-state index >= 15 is 0 Å². The molecular formula is C136H206F2O11. The number of unbranched alkanes of at least 4 members (excludes halogenated alkanes) is 1. The maximum absolute atomic E-state index is 12.3. The minimum atomic E-state index is -3.50. The van der Waals surface area contributed by atoms with E-state index in [9.17, 15) is 23.2 Å². The molecule has 0 fully saturated rings. The molecule has 2 heterocycles. The second-order valence-corrected chi connectivity index (χ2v) is 26.1. The molecule has 11 aromatic carbocycles. The van der Waals surface area contributed by atoms with Crippen molar-refractivity contribution in [3.05, 3.63) is 444 Å². The SMILES string of the molecule is C.C.C.C.CC.CC.CC.CC.CC.CC.CC.CC.CC.CC.CC.CC.CC.CC.CC(=O)Oc1ccccc1.CC(=O)c1ccccc1.CC1=CC2\C=C/C=C\C=C/C2=C1.CCCC.COC(=O)c1ccccc1.COCc1ccccc1.COc1ccccc1.Cc1cc2cccccc-2c1.Cc1ccccc1.FC1(F)Oc2ccccc2O1.c1ccc2c(c1)C2.c1ccc2c(c1)OCO2.c1ccc2ccccc2c1. The highest BCUT2D eigenvalue weighted by Gasteiger charge is 2.43. The second-order valence-electron chi connectivity index (χ2n) is 26.1. The lowest BCUT2D eigenvalue weighted by atomic mass is 10.0. The molecule has 0 radical (unpaired) electrons. The molecule has 18 rings (SSSR count). The van der Waals surface area contributed by atoms with Gasteiger partial charge in [0.25, 0.3) is 0 Å². The lowest BCUT2D eigenvalue weighted by Crippen LogP contribution is -2.25. The molecule has 2 aliphatic heterocycles. The molecule has 0 aromatic heterocycles. The Kier molecular flexibility index (Phi) is 135. The number of esters is 2. The number of para-hydroxylation sites is 6. The Bertz CT molecular complexity index is 4890. The molecule has 1 atom stereocenters. The van der Waals surface area contributed by atoms with Gasteiger partial charge < -0.3 is 37.9 Å². The molecule has 0 spiro atoms. The summed E-state index contributed by atoms with van der Waals surface area (Å²) in [5, 5.41) is 2.62. The molecule has 0 amide bonds. The van der Waals surface area contributed by atoms with Crippen molar-refractivity contribution in [1.29, 1.82) is 0 Å². The topological polar surface area (TPSA) is 125 Å². The van der Waals surface area contributed by atoms with Gasteiger partial charge in [0.1, 0.15) is 11.5 Å². The molecule has 0 bridgehead atoms. The van der Waals surface area contributed by atoms with Gasteiger partial charge in [-0.15, -0.1) is 8.78 Å². The first-order valence-electron chi connectivity index (χ1n) is 52.5. The Morgan fingerprint density at radius 3 is 0.987 bits per heavy atom. The van der Waals surface area contributed by atoms with Gasteiger partial charge in [-0.25, -0.2) is 4.79 Å². The highest BCUT2D eigenvalue weighted by Crippen LogP contribution is 2.40. The number of Topliss-reactive ketones (excluding diaryl/α,β-unsaturated/α-hetero) is 1. The normalized spacial score (nSPS) is 10.9. The van der Waals surface area contributed by atoms with Crippen LogP contribution in [0.25, 0.3) is 21.9 Å². The van der Waals surface area contributed by atoms with E-state index in [1.807, 2.05) is 352 Å². The lowest BCUT2D eigenvalue weighted by Gasteiger charge is -2.04. The monoisotopic (exact) mass is 2050 g/mol. The molecule has 7 aliphatic rings. The number of allylic oxidation sites excluding steroid dienone is 10. The summed E-state index contributed by atoms with van der Waals surface area (Å²) in [6.07, 6.45) is 17.6. The van der Waals surface area contributed by atoms with Gasteiger partial charge in [0.15, 0.2) is 28.8 Å². The summed E-state index contributed by atoms with van der Waals surface area (Å²) < 4.78 is 62.1. The van der Waals surface area contributed by atoms with Crippen molar-refractivity contribution in [2.45, 2.75) is 304 Å². The number of alkyl halides is 2. The molecule has 13 heteroatoms. The van der Waals surface area contributed by atoms with Crippen LogP contribution in [0.15, 0.2) is 406 Å². The van der Waals surface area contributed by atoms with Crippen molar-refractivity contribution >= 4 is 28.5 Å². The summed E-state index contributed by atoms with van der Waals surface area (Å²) in [5.41, 5.74) is 13.7. The molecule has 0 saturated heterocycles. The zero-order valence-electron chi connectivity index (χ0n) is 96.4. The predicted molar refractivity (Wildman–Crippen MR) is 659 cm³/mol. The summed E-state index contributed by atoms with van der Waals surface area (Å²) in [6, 6.07) is 111. The van der Waals surface area contributed by atoms with E-state index in [0.29, 0.717) is 30.6 Å². The van der Waals surface area contributed by atoms with Crippen LogP contribution in [0.4, 0.5) is 8.78 Å². The third kappa shape index (κ3) is 87.3. The van der Waals surface area contributed by atoms with Crippen LogP contribution in [-0.2, 0) is 27.3 Å². The minimum Gasteiger partial charge on any atom is -0.497 e. The molecule has 11 aromatic rings. The van der Waals surface area contributed by atoms with E-state index in [0.717, 1.165) is 22.8 Å². The van der Waals surface area contributed by atoms with Crippen LogP contribution in [0, 0.1) is 19.8 Å². The average Bonchev–Trinajstić information content (AvgIpc) is 1.69. The van der Waals surface area contributed by atoms with Crippen LogP contribution in [0.2, 0.25) is 0 Å². The first-order chi connectivity index (χ1) is 70.9. The standard InChI is InChI=1S/C12H12.C11H10.C10H8.2C8H8O2.C8H10O.C8H8O.C7H4F2O2.C7H6O2.C7H8O.C7H6.C7H8.C4H10.14C2H6.4CH4/c1-10-8-11-6-4-2-3-5-7-12(11)9-10;1-9-7-10-5-3-2-4-6-11(10)8-9;1-2-6-10-8-4-3-7-9(10)5-1;1-10-8(9)7-5-3-2-4-6-7;1-7(9)10-8-5-3-2-4-6-8;1-9-7-8-5-3-2-4-6-8;1-7(9)8-5-3-2-4-6-8;8-7(9)10-5-3-1-2-4-6(5)11-7;1-2-4-7-6(3-1)8-5-9-7;1-8-7-5-3-2-4-6-7;1-2-4-7-5-6(7)3-1;1-7-5-3-2-4-6-7;1-3-4-2;14*1-2;;;;/h2-9,11H,1H3;2-8H,1H3;1-8H;2*2-6H,1H3;2-6H,7H2,1H3;2-6H,1H3;1-4H;1-4H,5H2;2-6H,1H3;1-4H,5H2;2-6H,1H3;3-4H2,1-2H3;14*1-2H3;4*1H4/b3-2-,6-4-,7-5-;;;;;;;;;;;;;;;;;;;;;;;;;;;;;;. The van der Waals surface area contributed by atoms with Crippen LogP contribution in [-0.4, -0.2) is 52.1 Å². The van der Waals surface area contributed by atoms with Crippen LogP contribution in [0.1, 0.15) is 320 Å². The molecule has 0 N–H and O–H groups in total. The Hall–Kier alpha value is -13.5. The van der Waals surface area contributed by atoms with Crippen molar-refractivity contribution in [2.24, 2.45) is 5.92 Å². The van der Waals surface area contributed by atoms with Crippen molar-refractivity contribution < 1.29 is 61.1 Å². The third-order valence-electron chi connectivity index (χ3n) is 16.6. The molecule has 830 valence electrons. The van der Waals surface area contributed by atoms with Crippen molar-refractivity contribution in [1.82, 2.24) is 0 Å². The Balaban J connectivity index is -0.000000120. The van der Waals surface area contributed by atoms with Crippen LogP contribution < -0.4 is 28.4 Å².